The van der Waals surface area contributed by atoms with Gasteiger partial charge in [-0.1, -0.05) is 72.6 Å². The van der Waals surface area contributed by atoms with Gasteiger partial charge in [0.1, 0.15) is 12.6 Å². The van der Waals surface area contributed by atoms with Crippen LogP contribution < -0.4 is 9.62 Å². The summed E-state index contributed by atoms with van der Waals surface area (Å²) >= 11 is 12.4. The van der Waals surface area contributed by atoms with Crippen molar-refractivity contribution in [2.75, 3.05) is 23.7 Å². The number of carbonyl (C=O) groups excluding carboxylic acids is 2. The highest BCUT2D eigenvalue weighted by molar-refractivity contribution is 7.92. The van der Waals surface area contributed by atoms with Gasteiger partial charge in [0, 0.05) is 29.6 Å². The van der Waals surface area contributed by atoms with Gasteiger partial charge in [-0.3, -0.25) is 13.9 Å². The highest BCUT2D eigenvalue weighted by Gasteiger charge is 2.35. The van der Waals surface area contributed by atoms with E-state index in [9.17, 15) is 31.2 Å². The minimum absolute atomic E-state index is 0.0791. The molecule has 13 heteroatoms. The van der Waals surface area contributed by atoms with Gasteiger partial charge in [-0.15, -0.1) is 0 Å². The van der Waals surface area contributed by atoms with Crippen molar-refractivity contribution in [3.8, 4) is 0 Å². The van der Waals surface area contributed by atoms with Crippen LogP contribution in [0.1, 0.15) is 30.0 Å². The molecule has 226 valence electrons. The zero-order valence-corrected chi connectivity index (χ0v) is 25.2. The minimum atomic E-state index is -4.74. The molecular formula is C29H30Cl2F3N3O4S. The Morgan fingerprint density at radius 3 is 2.26 bits per heavy atom. The number of anilines is 1. The maximum atomic E-state index is 14.0. The van der Waals surface area contributed by atoms with Gasteiger partial charge in [-0.2, -0.15) is 13.2 Å². The molecule has 3 rings (SSSR count). The van der Waals surface area contributed by atoms with Crippen molar-refractivity contribution in [3.63, 3.8) is 0 Å². The molecule has 0 heterocycles. The average molecular weight is 645 g/mol. The zero-order chi connectivity index (χ0) is 31.1. The number of nitrogens with zero attached hydrogens (tertiary/aromatic N) is 2. The van der Waals surface area contributed by atoms with E-state index in [2.05, 4.69) is 5.32 Å². The molecule has 0 radical (unpaired) electrons. The first-order valence-corrected chi connectivity index (χ1v) is 15.5. The number of amides is 2. The van der Waals surface area contributed by atoms with E-state index >= 15 is 0 Å². The number of benzene rings is 3. The smallest absolute Gasteiger partial charge is 0.354 e. The molecule has 0 aromatic heterocycles. The van der Waals surface area contributed by atoms with E-state index in [0.29, 0.717) is 33.9 Å². The lowest BCUT2D eigenvalue weighted by atomic mass is 10.0. The summed E-state index contributed by atoms with van der Waals surface area (Å²) in [7, 11) is -4.24. The first-order chi connectivity index (χ1) is 19.7. The van der Waals surface area contributed by atoms with Crippen LogP contribution in [0.4, 0.5) is 18.9 Å². The Bertz CT molecular complexity index is 1510. The number of carbonyl (C=O) groups is 2. The molecule has 3 aromatic rings. The molecule has 0 spiro atoms. The summed E-state index contributed by atoms with van der Waals surface area (Å²) in [6, 6.07) is 16.1. The Morgan fingerprint density at radius 1 is 0.976 bits per heavy atom. The second kappa shape index (κ2) is 14.3. The molecular weight excluding hydrogens is 614 g/mol. The van der Waals surface area contributed by atoms with E-state index in [0.717, 1.165) is 24.0 Å². The molecule has 1 N–H and O–H groups in total. The van der Waals surface area contributed by atoms with Gasteiger partial charge in [0.05, 0.1) is 17.5 Å². The molecule has 0 aliphatic heterocycles. The number of sulfonamides is 1. The number of hydrogen-bond donors (Lipinski definition) is 1. The van der Waals surface area contributed by atoms with Gasteiger partial charge in [-0.05, 0) is 47.9 Å². The number of halogens is 5. The monoisotopic (exact) mass is 643 g/mol. The van der Waals surface area contributed by atoms with Crippen LogP contribution in [0.2, 0.25) is 10.0 Å². The minimum Gasteiger partial charge on any atom is -0.354 e. The maximum Gasteiger partial charge on any atom is 0.416 e. The van der Waals surface area contributed by atoms with E-state index < -0.39 is 46.2 Å². The predicted octanol–water partition coefficient (Wildman–Crippen LogP) is 5.94. The average Bonchev–Trinajstić information content (AvgIpc) is 2.92. The quantitative estimate of drug-likeness (QED) is 0.264. The third-order valence-corrected chi connectivity index (χ3v) is 8.04. The first kappa shape index (κ1) is 33.2. The Morgan fingerprint density at radius 2 is 1.67 bits per heavy atom. The Hall–Kier alpha value is -3.28. The summed E-state index contributed by atoms with van der Waals surface area (Å²) in [5, 5.41) is 3.35. The predicted molar refractivity (Wildman–Crippen MR) is 158 cm³/mol. The highest BCUT2D eigenvalue weighted by Crippen LogP contribution is 2.32. The van der Waals surface area contributed by atoms with Crippen LogP contribution in [0.3, 0.4) is 0 Å². The van der Waals surface area contributed by atoms with Gasteiger partial charge in [0.15, 0.2) is 0 Å². The number of rotatable bonds is 12. The topological polar surface area (TPSA) is 86.8 Å². The number of alkyl halides is 3. The van der Waals surface area contributed by atoms with Gasteiger partial charge < -0.3 is 10.2 Å². The highest BCUT2D eigenvalue weighted by atomic mass is 35.5. The van der Waals surface area contributed by atoms with Crippen molar-refractivity contribution in [2.45, 2.75) is 38.5 Å². The van der Waals surface area contributed by atoms with Crippen molar-refractivity contribution in [3.05, 3.63) is 99.5 Å². The molecule has 0 unspecified atom stereocenters. The van der Waals surface area contributed by atoms with Crippen molar-refractivity contribution < 1.29 is 31.2 Å². The summed E-state index contributed by atoms with van der Waals surface area (Å²) in [6.45, 7) is 1.12. The third kappa shape index (κ3) is 9.11. The Labute approximate surface area is 253 Å². The van der Waals surface area contributed by atoms with Crippen LogP contribution in [0.5, 0.6) is 0 Å². The summed E-state index contributed by atoms with van der Waals surface area (Å²) in [4.78, 5) is 28.7. The molecule has 3 aromatic carbocycles. The second-order valence-corrected chi connectivity index (χ2v) is 12.3. The number of hydrogen-bond acceptors (Lipinski definition) is 4. The van der Waals surface area contributed by atoms with Crippen LogP contribution in [0, 0.1) is 0 Å². The second-order valence-electron chi connectivity index (χ2n) is 9.57. The fourth-order valence-electron chi connectivity index (χ4n) is 4.20. The molecule has 0 fully saturated rings. The van der Waals surface area contributed by atoms with Crippen LogP contribution in [0.15, 0.2) is 72.8 Å². The molecule has 0 aliphatic carbocycles. The molecule has 0 saturated heterocycles. The van der Waals surface area contributed by atoms with Crippen molar-refractivity contribution >= 4 is 50.7 Å². The SMILES string of the molecule is CCCNC(=O)[C@@H](Cc1ccccc1)N(Cc1ccc(Cl)cc1Cl)C(=O)CN(c1cccc(C(F)(F)F)c1)S(C)(=O)=O. The summed E-state index contributed by atoms with van der Waals surface area (Å²) in [5.41, 5.74) is -0.264. The van der Waals surface area contributed by atoms with Crippen molar-refractivity contribution in [1.29, 1.82) is 0 Å². The van der Waals surface area contributed by atoms with E-state index in [1.165, 1.54) is 17.0 Å². The van der Waals surface area contributed by atoms with E-state index in [1.807, 2.05) is 6.92 Å². The van der Waals surface area contributed by atoms with E-state index in [-0.39, 0.29) is 23.7 Å². The van der Waals surface area contributed by atoms with Gasteiger partial charge in [0.25, 0.3) is 0 Å². The largest absolute Gasteiger partial charge is 0.416 e. The normalized spacial score (nSPS) is 12.5. The Kier molecular flexibility index (Phi) is 11.3. The fourth-order valence-corrected chi connectivity index (χ4v) is 5.51. The molecule has 2 amide bonds. The third-order valence-electron chi connectivity index (χ3n) is 6.32. The first-order valence-electron chi connectivity index (χ1n) is 12.9. The van der Waals surface area contributed by atoms with Crippen molar-refractivity contribution in [2.24, 2.45) is 0 Å². The molecule has 7 nitrogen and oxygen atoms in total. The maximum absolute atomic E-state index is 14.0. The standard InChI is InChI=1S/C29H30Cl2F3N3O4S/c1-3-14-35-28(39)26(15-20-8-5-4-6-9-20)36(18-21-12-13-23(30)17-25(21)31)27(38)19-37(42(2,40)41)24-11-7-10-22(16-24)29(32,33)34/h4-13,16-17,26H,3,14-15,18-19H2,1-2H3,(H,35,39)/t26-/m1/s1. The van der Waals surface area contributed by atoms with Crippen LogP contribution in [-0.2, 0) is 38.8 Å². The van der Waals surface area contributed by atoms with Crippen LogP contribution in [-0.4, -0.2) is 50.5 Å². The number of nitrogens with one attached hydrogen (secondary N) is 1. The zero-order valence-electron chi connectivity index (χ0n) is 22.9. The van der Waals surface area contributed by atoms with E-state index in [1.54, 1.807) is 42.5 Å². The molecule has 42 heavy (non-hydrogen) atoms. The fraction of sp³-hybridized carbons (Fsp3) is 0.310. The van der Waals surface area contributed by atoms with Gasteiger partial charge >= 0.3 is 6.18 Å². The molecule has 0 aliphatic rings. The molecule has 0 bridgehead atoms. The van der Waals surface area contributed by atoms with Crippen LogP contribution in [0.25, 0.3) is 0 Å². The lowest BCUT2D eigenvalue weighted by molar-refractivity contribution is -0.140. The summed E-state index contributed by atoms with van der Waals surface area (Å²) in [6.07, 6.45) is -3.25. The van der Waals surface area contributed by atoms with Gasteiger partial charge in [0.2, 0.25) is 21.8 Å². The van der Waals surface area contributed by atoms with E-state index in [4.69, 9.17) is 23.2 Å². The van der Waals surface area contributed by atoms with Gasteiger partial charge in [-0.25, -0.2) is 8.42 Å². The lowest BCUT2D eigenvalue weighted by Gasteiger charge is -2.33. The lowest BCUT2D eigenvalue weighted by Crippen LogP contribution is -2.53. The molecule has 1 atom stereocenters. The van der Waals surface area contributed by atoms with Crippen molar-refractivity contribution in [1.82, 2.24) is 10.2 Å². The summed E-state index contributed by atoms with van der Waals surface area (Å²) < 4.78 is 66.4. The summed E-state index contributed by atoms with van der Waals surface area (Å²) in [5.74, 6) is -1.31. The molecule has 0 saturated carbocycles. The van der Waals surface area contributed by atoms with Crippen LogP contribution >= 0.6 is 23.2 Å². The Balaban J connectivity index is 2.09.